The van der Waals surface area contributed by atoms with Crippen LogP contribution in [-0.2, 0) is 6.54 Å². The van der Waals surface area contributed by atoms with Gasteiger partial charge in [-0.2, -0.15) is 0 Å². The van der Waals surface area contributed by atoms with E-state index in [0.29, 0.717) is 28.2 Å². The molecular formula is C32H38N2O6. The summed E-state index contributed by atoms with van der Waals surface area (Å²) in [6.07, 6.45) is 1.01. The topological polar surface area (TPSA) is 73.6 Å². The Balaban J connectivity index is 1.49. The second-order valence-electron chi connectivity index (χ2n) is 9.47. The number of fused-ring (bicyclic) bond motifs is 1. The molecule has 0 atom stereocenters. The number of rotatable bonds is 13. The van der Waals surface area contributed by atoms with E-state index < -0.39 is 0 Å². The zero-order chi connectivity index (χ0) is 28.6. The standard InChI is InChI=1S/C32H38N2O6/c1-7-34(21-23-11-8-9-12-26(23)36-3)20-10-19-33(2)24-15-13-22(14-16-24)29-32(39-6)28(35)25-17-18-27(37-4)31(38-5)30(25)40-29/h8-9,11-18H,7,10,19-21H2,1-6H3. The van der Waals surface area contributed by atoms with Gasteiger partial charge in [0.05, 0.1) is 33.8 Å². The Hall–Kier alpha value is -4.17. The van der Waals surface area contributed by atoms with Gasteiger partial charge in [-0.3, -0.25) is 9.69 Å². The van der Waals surface area contributed by atoms with Crippen LogP contribution < -0.4 is 29.3 Å². The maximum absolute atomic E-state index is 13.2. The number of benzene rings is 3. The van der Waals surface area contributed by atoms with Crippen LogP contribution in [0.4, 0.5) is 5.69 Å². The van der Waals surface area contributed by atoms with Crippen molar-refractivity contribution in [1.29, 1.82) is 0 Å². The third-order valence-electron chi connectivity index (χ3n) is 7.14. The molecule has 212 valence electrons. The molecule has 0 amide bonds. The van der Waals surface area contributed by atoms with Crippen molar-refractivity contribution in [1.82, 2.24) is 4.90 Å². The molecule has 1 heterocycles. The predicted molar refractivity (Wildman–Crippen MR) is 159 cm³/mol. The summed E-state index contributed by atoms with van der Waals surface area (Å²) < 4.78 is 28.1. The molecular weight excluding hydrogens is 508 g/mol. The lowest BCUT2D eigenvalue weighted by molar-refractivity contribution is 0.272. The summed E-state index contributed by atoms with van der Waals surface area (Å²) in [4.78, 5) is 17.9. The summed E-state index contributed by atoms with van der Waals surface area (Å²) in [5, 5.41) is 0.362. The fraction of sp³-hybridized carbons (Fsp3) is 0.344. The number of ether oxygens (including phenoxy) is 4. The van der Waals surface area contributed by atoms with Gasteiger partial charge in [0, 0.05) is 43.5 Å². The molecule has 0 N–H and O–H groups in total. The smallest absolute Gasteiger partial charge is 0.235 e. The summed E-state index contributed by atoms with van der Waals surface area (Å²) in [5.41, 5.74) is 3.04. The lowest BCUT2D eigenvalue weighted by Gasteiger charge is -2.24. The van der Waals surface area contributed by atoms with Crippen molar-refractivity contribution in [3.8, 4) is 34.3 Å². The van der Waals surface area contributed by atoms with E-state index in [0.717, 1.165) is 49.6 Å². The summed E-state index contributed by atoms with van der Waals surface area (Å²) >= 11 is 0. The first-order valence-corrected chi connectivity index (χ1v) is 13.4. The van der Waals surface area contributed by atoms with Crippen LogP contribution in [0.2, 0.25) is 0 Å². The fourth-order valence-corrected chi connectivity index (χ4v) is 4.88. The van der Waals surface area contributed by atoms with Gasteiger partial charge in [-0.1, -0.05) is 25.1 Å². The minimum Gasteiger partial charge on any atom is -0.496 e. The van der Waals surface area contributed by atoms with Crippen LogP contribution in [0.3, 0.4) is 0 Å². The summed E-state index contributed by atoms with van der Waals surface area (Å²) in [5.74, 6) is 2.26. The van der Waals surface area contributed by atoms with Crippen molar-refractivity contribution in [2.75, 3.05) is 60.0 Å². The summed E-state index contributed by atoms with van der Waals surface area (Å²) in [7, 11) is 8.33. The molecule has 0 saturated heterocycles. The highest BCUT2D eigenvalue weighted by molar-refractivity contribution is 5.88. The SMILES string of the molecule is CCN(CCCN(C)c1ccc(-c2oc3c(OC)c(OC)ccc3c(=O)c2OC)cc1)Cc1ccccc1OC. The molecule has 0 saturated carbocycles. The Labute approximate surface area is 235 Å². The van der Waals surface area contributed by atoms with E-state index in [1.165, 1.54) is 19.8 Å². The number of nitrogens with zero attached hydrogens (tertiary/aromatic N) is 2. The molecule has 3 aromatic carbocycles. The maximum Gasteiger partial charge on any atom is 0.235 e. The molecule has 40 heavy (non-hydrogen) atoms. The monoisotopic (exact) mass is 546 g/mol. The fourth-order valence-electron chi connectivity index (χ4n) is 4.88. The third-order valence-corrected chi connectivity index (χ3v) is 7.14. The number of hydrogen-bond donors (Lipinski definition) is 0. The second-order valence-corrected chi connectivity index (χ2v) is 9.47. The molecule has 0 aliphatic rings. The van der Waals surface area contributed by atoms with E-state index in [4.69, 9.17) is 23.4 Å². The molecule has 8 nitrogen and oxygen atoms in total. The van der Waals surface area contributed by atoms with Gasteiger partial charge in [-0.05, 0) is 55.4 Å². The first-order valence-electron chi connectivity index (χ1n) is 13.4. The maximum atomic E-state index is 13.2. The molecule has 0 radical (unpaired) electrons. The molecule has 0 bridgehead atoms. The van der Waals surface area contributed by atoms with Crippen LogP contribution in [0.1, 0.15) is 18.9 Å². The van der Waals surface area contributed by atoms with Crippen LogP contribution in [0.5, 0.6) is 23.0 Å². The Morgan fingerprint density at radius 2 is 1.48 bits per heavy atom. The summed E-state index contributed by atoms with van der Waals surface area (Å²) in [6, 6.07) is 19.4. The lowest BCUT2D eigenvalue weighted by Crippen LogP contribution is -2.28. The van der Waals surface area contributed by atoms with Crippen LogP contribution in [0.25, 0.3) is 22.3 Å². The Kier molecular flexibility index (Phi) is 9.56. The van der Waals surface area contributed by atoms with Crippen molar-refractivity contribution in [2.45, 2.75) is 19.9 Å². The average molecular weight is 547 g/mol. The van der Waals surface area contributed by atoms with E-state index in [1.807, 2.05) is 36.4 Å². The van der Waals surface area contributed by atoms with Gasteiger partial charge in [0.25, 0.3) is 0 Å². The van der Waals surface area contributed by atoms with Gasteiger partial charge >= 0.3 is 0 Å². The van der Waals surface area contributed by atoms with Gasteiger partial charge in [0.1, 0.15) is 5.75 Å². The largest absolute Gasteiger partial charge is 0.496 e. The summed E-state index contributed by atoms with van der Waals surface area (Å²) in [6.45, 7) is 5.87. The van der Waals surface area contributed by atoms with E-state index >= 15 is 0 Å². The molecule has 8 heteroatoms. The molecule has 0 aliphatic carbocycles. The highest BCUT2D eigenvalue weighted by Crippen LogP contribution is 2.39. The van der Waals surface area contributed by atoms with Gasteiger partial charge in [-0.25, -0.2) is 0 Å². The second kappa shape index (κ2) is 13.3. The molecule has 0 fully saturated rings. The minimum absolute atomic E-state index is 0.149. The molecule has 1 aromatic heterocycles. The predicted octanol–water partition coefficient (Wildman–Crippen LogP) is 5.84. The zero-order valence-electron chi connectivity index (χ0n) is 24.2. The van der Waals surface area contributed by atoms with Crippen LogP contribution in [0, 0.1) is 0 Å². The molecule has 0 aliphatic heterocycles. The Bertz CT molecular complexity index is 1480. The van der Waals surface area contributed by atoms with Gasteiger partial charge in [0.2, 0.25) is 16.9 Å². The first kappa shape index (κ1) is 28.8. The molecule has 4 rings (SSSR count). The van der Waals surface area contributed by atoms with Crippen LogP contribution in [-0.4, -0.2) is 60.0 Å². The Morgan fingerprint density at radius 1 is 0.775 bits per heavy atom. The van der Waals surface area contributed by atoms with Gasteiger partial charge in [-0.15, -0.1) is 0 Å². The minimum atomic E-state index is -0.269. The van der Waals surface area contributed by atoms with Crippen molar-refractivity contribution >= 4 is 16.7 Å². The van der Waals surface area contributed by atoms with E-state index in [2.05, 4.69) is 35.9 Å². The van der Waals surface area contributed by atoms with Crippen molar-refractivity contribution < 1.29 is 23.4 Å². The van der Waals surface area contributed by atoms with E-state index in [9.17, 15) is 4.79 Å². The van der Waals surface area contributed by atoms with Crippen molar-refractivity contribution in [2.24, 2.45) is 0 Å². The first-order chi connectivity index (χ1) is 19.4. The molecule has 0 unspecified atom stereocenters. The van der Waals surface area contributed by atoms with Crippen molar-refractivity contribution in [3.63, 3.8) is 0 Å². The normalized spacial score (nSPS) is 11.1. The van der Waals surface area contributed by atoms with Gasteiger partial charge in [0.15, 0.2) is 17.1 Å². The zero-order valence-corrected chi connectivity index (χ0v) is 24.2. The lowest BCUT2D eigenvalue weighted by atomic mass is 10.1. The molecule has 0 spiro atoms. The average Bonchev–Trinajstić information content (AvgIpc) is 2.99. The number of para-hydroxylation sites is 1. The number of methoxy groups -OCH3 is 4. The Morgan fingerprint density at radius 3 is 2.12 bits per heavy atom. The van der Waals surface area contributed by atoms with E-state index in [-0.39, 0.29) is 11.2 Å². The highest BCUT2D eigenvalue weighted by Gasteiger charge is 2.21. The highest BCUT2D eigenvalue weighted by atomic mass is 16.5. The van der Waals surface area contributed by atoms with Crippen LogP contribution >= 0.6 is 0 Å². The number of anilines is 1. The molecule has 4 aromatic rings. The van der Waals surface area contributed by atoms with E-state index in [1.54, 1.807) is 26.4 Å². The number of hydrogen-bond acceptors (Lipinski definition) is 8. The quantitative estimate of drug-likeness (QED) is 0.207. The van der Waals surface area contributed by atoms with Gasteiger partial charge < -0.3 is 28.3 Å². The van der Waals surface area contributed by atoms with Crippen LogP contribution in [0.15, 0.2) is 69.9 Å². The van der Waals surface area contributed by atoms with Crippen molar-refractivity contribution in [3.05, 3.63) is 76.5 Å². The third kappa shape index (κ3) is 6.02.